The Morgan fingerprint density at radius 1 is 1.04 bits per heavy atom. The second-order valence-corrected chi connectivity index (χ2v) is 6.35. The van der Waals surface area contributed by atoms with E-state index < -0.39 is 0 Å². The molecule has 0 saturated heterocycles. The summed E-state index contributed by atoms with van der Waals surface area (Å²) in [5, 5.41) is 3.30. The molecule has 2 aromatic carbocycles. The van der Waals surface area contributed by atoms with Crippen LogP contribution in [0, 0.1) is 6.92 Å². The molecule has 3 aromatic rings. The molecule has 1 heterocycles. The van der Waals surface area contributed by atoms with Crippen LogP contribution in [0.5, 0.6) is 11.5 Å². The topological polar surface area (TPSA) is 80.4 Å². The second-order valence-electron chi connectivity index (χ2n) is 6.35. The van der Waals surface area contributed by atoms with Crippen LogP contribution in [-0.4, -0.2) is 25.1 Å². The molecule has 0 bridgehead atoms. The third-order valence-corrected chi connectivity index (χ3v) is 4.51. The lowest BCUT2D eigenvalue weighted by Gasteiger charge is -2.12. The summed E-state index contributed by atoms with van der Waals surface area (Å²) in [4.78, 5) is 28.7. The molecule has 1 amide bonds. The van der Waals surface area contributed by atoms with E-state index in [1.54, 1.807) is 64.5 Å². The molecule has 0 atom stereocenters. The van der Waals surface area contributed by atoms with Crippen molar-refractivity contribution in [2.75, 3.05) is 19.5 Å². The maximum Gasteiger partial charge on any atom is 0.248 e. The number of hydrogen-bond donors (Lipinski definition) is 2. The molecule has 144 valence electrons. The molecule has 3 rings (SSSR count). The van der Waals surface area contributed by atoms with Crippen LogP contribution in [0.1, 0.15) is 18.2 Å². The van der Waals surface area contributed by atoms with Crippen molar-refractivity contribution in [3.63, 3.8) is 0 Å². The molecule has 0 aliphatic heterocycles. The molecule has 2 N–H and O–H groups in total. The molecule has 6 nitrogen and oxygen atoms in total. The number of anilines is 1. The third kappa shape index (κ3) is 3.62. The Morgan fingerprint density at radius 3 is 2.43 bits per heavy atom. The van der Waals surface area contributed by atoms with Gasteiger partial charge in [-0.1, -0.05) is 18.2 Å². The van der Waals surface area contributed by atoms with Crippen LogP contribution >= 0.6 is 0 Å². The van der Waals surface area contributed by atoms with Gasteiger partial charge in [-0.2, -0.15) is 0 Å². The van der Waals surface area contributed by atoms with Crippen molar-refractivity contribution in [1.82, 2.24) is 4.98 Å². The molecule has 28 heavy (non-hydrogen) atoms. The second kappa shape index (κ2) is 8.00. The van der Waals surface area contributed by atoms with Crippen molar-refractivity contribution in [3.8, 4) is 11.5 Å². The zero-order chi connectivity index (χ0) is 20.3. The molecular formula is C22H22N2O4. The van der Waals surface area contributed by atoms with Gasteiger partial charge < -0.3 is 19.8 Å². The lowest BCUT2D eigenvalue weighted by atomic mass is 10.0. The lowest BCUT2D eigenvalue weighted by Crippen LogP contribution is -2.15. The van der Waals surface area contributed by atoms with Crippen LogP contribution in [0.25, 0.3) is 16.5 Å². The number of H-pyrrole nitrogens is 1. The SMILES string of the molecule is COc1ccccc1NC(=O)/C=C(\C)c1c(C)[nH]c2c(OC)cccc2c1=O. The summed E-state index contributed by atoms with van der Waals surface area (Å²) in [5.41, 5.74) is 2.76. The van der Waals surface area contributed by atoms with E-state index in [4.69, 9.17) is 9.47 Å². The first-order valence-electron chi connectivity index (χ1n) is 8.78. The molecule has 0 spiro atoms. The van der Waals surface area contributed by atoms with Gasteiger partial charge in [0, 0.05) is 22.7 Å². The van der Waals surface area contributed by atoms with Gasteiger partial charge >= 0.3 is 0 Å². The lowest BCUT2D eigenvalue weighted by molar-refractivity contribution is -0.111. The molecule has 0 fully saturated rings. The molecular weight excluding hydrogens is 356 g/mol. The molecule has 0 unspecified atom stereocenters. The zero-order valence-corrected chi connectivity index (χ0v) is 16.3. The first-order valence-corrected chi connectivity index (χ1v) is 8.78. The Kier molecular flexibility index (Phi) is 5.49. The van der Waals surface area contributed by atoms with Crippen molar-refractivity contribution >= 4 is 28.1 Å². The van der Waals surface area contributed by atoms with E-state index in [-0.39, 0.29) is 11.3 Å². The Hall–Kier alpha value is -3.54. The van der Waals surface area contributed by atoms with E-state index in [0.717, 1.165) is 0 Å². The number of ether oxygens (including phenoxy) is 2. The number of pyridine rings is 1. The quantitative estimate of drug-likeness (QED) is 0.660. The van der Waals surface area contributed by atoms with Crippen LogP contribution in [0.3, 0.4) is 0 Å². The third-order valence-electron chi connectivity index (χ3n) is 4.51. The van der Waals surface area contributed by atoms with E-state index in [9.17, 15) is 9.59 Å². The highest BCUT2D eigenvalue weighted by atomic mass is 16.5. The molecule has 0 saturated carbocycles. The molecule has 6 heteroatoms. The number of aromatic amines is 1. The van der Waals surface area contributed by atoms with Gasteiger partial charge in [0.2, 0.25) is 5.91 Å². The van der Waals surface area contributed by atoms with Crippen molar-refractivity contribution in [1.29, 1.82) is 0 Å². The van der Waals surface area contributed by atoms with Crippen LogP contribution in [0.15, 0.2) is 53.3 Å². The number of rotatable bonds is 5. The summed E-state index contributed by atoms with van der Waals surface area (Å²) in [5.74, 6) is 0.820. The number of aromatic nitrogens is 1. The van der Waals surface area contributed by atoms with Crippen molar-refractivity contribution < 1.29 is 14.3 Å². The number of carbonyl (C=O) groups excluding carboxylic acids is 1. The summed E-state index contributed by atoms with van der Waals surface area (Å²) >= 11 is 0. The van der Waals surface area contributed by atoms with Crippen molar-refractivity contribution in [2.45, 2.75) is 13.8 Å². The zero-order valence-electron chi connectivity index (χ0n) is 16.3. The van der Waals surface area contributed by atoms with Gasteiger partial charge in [-0.25, -0.2) is 0 Å². The average molecular weight is 378 g/mol. The molecule has 0 aliphatic carbocycles. The predicted molar refractivity (Wildman–Crippen MR) is 111 cm³/mol. The van der Waals surface area contributed by atoms with Gasteiger partial charge in [-0.05, 0) is 43.7 Å². The van der Waals surface area contributed by atoms with E-state index in [1.165, 1.54) is 6.08 Å². The fourth-order valence-corrected chi connectivity index (χ4v) is 3.23. The van der Waals surface area contributed by atoms with Crippen molar-refractivity contribution in [3.05, 3.63) is 70.0 Å². The number of aryl methyl sites for hydroxylation is 1. The Labute approximate surface area is 162 Å². The number of nitrogens with one attached hydrogen (secondary N) is 2. The molecule has 1 aromatic heterocycles. The Bertz CT molecular complexity index is 1130. The largest absolute Gasteiger partial charge is 0.495 e. The summed E-state index contributed by atoms with van der Waals surface area (Å²) in [6.45, 7) is 3.55. The normalized spacial score (nSPS) is 11.4. The summed E-state index contributed by atoms with van der Waals surface area (Å²) < 4.78 is 10.6. The highest BCUT2D eigenvalue weighted by Gasteiger charge is 2.14. The predicted octanol–water partition coefficient (Wildman–Crippen LogP) is 3.90. The smallest absolute Gasteiger partial charge is 0.248 e. The number of carbonyl (C=O) groups is 1. The standard InChI is InChI=1S/C22H22N2O4/c1-13(12-19(25)24-16-9-5-6-10-17(16)27-3)20-14(2)23-21-15(22(20)26)8-7-11-18(21)28-4/h5-12H,1-4H3,(H,23,26)(H,24,25)/b13-12+. The number of allylic oxidation sites excluding steroid dienone is 1. The van der Waals surface area contributed by atoms with E-state index in [1.807, 2.05) is 6.07 Å². The van der Waals surface area contributed by atoms with Gasteiger partial charge in [0.05, 0.1) is 25.4 Å². The van der Waals surface area contributed by atoms with Gasteiger partial charge in [0.1, 0.15) is 11.5 Å². The average Bonchev–Trinajstić information content (AvgIpc) is 2.68. The van der Waals surface area contributed by atoms with E-state index >= 15 is 0 Å². The van der Waals surface area contributed by atoms with Gasteiger partial charge in [-0.15, -0.1) is 0 Å². The number of hydrogen-bond acceptors (Lipinski definition) is 4. The first-order chi connectivity index (χ1) is 13.5. The highest BCUT2D eigenvalue weighted by molar-refractivity contribution is 6.05. The van der Waals surface area contributed by atoms with Crippen LogP contribution in [-0.2, 0) is 4.79 Å². The number of fused-ring (bicyclic) bond motifs is 1. The fourth-order valence-electron chi connectivity index (χ4n) is 3.23. The van der Waals surface area contributed by atoms with Crippen LogP contribution < -0.4 is 20.2 Å². The van der Waals surface area contributed by atoms with Gasteiger partial charge in [0.15, 0.2) is 5.43 Å². The number of para-hydroxylation sites is 3. The van der Waals surface area contributed by atoms with E-state index in [0.29, 0.717) is 44.9 Å². The number of methoxy groups -OCH3 is 2. The van der Waals surface area contributed by atoms with Crippen LogP contribution in [0.4, 0.5) is 5.69 Å². The fraction of sp³-hybridized carbons (Fsp3) is 0.182. The molecule has 0 radical (unpaired) electrons. The summed E-state index contributed by atoms with van der Waals surface area (Å²) in [7, 11) is 3.10. The molecule has 0 aliphatic rings. The minimum absolute atomic E-state index is 0.149. The maximum atomic E-state index is 13.0. The first kappa shape index (κ1) is 19.2. The Balaban J connectivity index is 2.00. The minimum Gasteiger partial charge on any atom is -0.495 e. The van der Waals surface area contributed by atoms with Gasteiger partial charge in [-0.3, -0.25) is 9.59 Å². The Morgan fingerprint density at radius 2 is 1.71 bits per heavy atom. The summed E-state index contributed by atoms with van der Waals surface area (Å²) in [6, 6.07) is 12.4. The van der Waals surface area contributed by atoms with Gasteiger partial charge in [0.25, 0.3) is 0 Å². The maximum absolute atomic E-state index is 13.0. The monoisotopic (exact) mass is 378 g/mol. The summed E-state index contributed by atoms with van der Waals surface area (Å²) in [6.07, 6.45) is 1.41. The highest BCUT2D eigenvalue weighted by Crippen LogP contribution is 2.25. The van der Waals surface area contributed by atoms with E-state index in [2.05, 4.69) is 10.3 Å². The number of benzene rings is 2. The van der Waals surface area contributed by atoms with Crippen molar-refractivity contribution in [2.24, 2.45) is 0 Å². The number of amides is 1. The van der Waals surface area contributed by atoms with Crippen LogP contribution in [0.2, 0.25) is 0 Å². The minimum atomic E-state index is -0.341.